The van der Waals surface area contributed by atoms with E-state index in [0.717, 1.165) is 5.82 Å². The second-order valence-corrected chi connectivity index (χ2v) is 4.51. The largest absolute Gasteiger partial charge is 0.462 e. The highest BCUT2D eigenvalue weighted by atomic mass is 35.5. The van der Waals surface area contributed by atoms with E-state index in [-0.39, 0.29) is 12.2 Å². The fraction of sp³-hybridized carbons (Fsp3) is 0.231. The van der Waals surface area contributed by atoms with Gasteiger partial charge in [-0.1, -0.05) is 11.6 Å². The molecule has 0 aliphatic carbocycles. The van der Waals surface area contributed by atoms with E-state index in [1.807, 2.05) is 17.8 Å². The van der Waals surface area contributed by atoms with E-state index in [2.05, 4.69) is 4.98 Å². The molecule has 100 valence electrons. The predicted octanol–water partition coefficient (Wildman–Crippen LogP) is 2.06. The van der Waals surface area contributed by atoms with Crippen LogP contribution in [0.1, 0.15) is 16.2 Å². The van der Waals surface area contributed by atoms with Gasteiger partial charge in [0.25, 0.3) is 0 Å². The third-order valence-corrected chi connectivity index (χ3v) is 2.95. The lowest BCUT2D eigenvalue weighted by Gasteiger charge is -2.07. The lowest BCUT2D eigenvalue weighted by Crippen LogP contribution is -2.12. The van der Waals surface area contributed by atoms with E-state index in [1.165, 1.54) is 6.07 Å². The van der Waals surface area contributed by atoms with Gasteiger partial charge in [0.1, 0.15) is 5.82 Å². The van der Waals surface area contributed by atoms with E-state index in [0.29, 0.717) is 17.1 Å². The average Bonchev–Trinajstić information content (AvgIpc) is 2.78. The lowest BCUT2D eigenvalue weighted by atomic mass is 10.2. The molecular formula is C13H14ClN3O2. The minimum absolute atomic E-state index is 0.246. The van der Waals surface area contributed by atoms with Crippen LogP contribution < -0.4 is 5.73 Å². The standard InChI is InChI=1S/C13H14ClN3O2/c1-17-6-5-16-12(17)4-7-19-13(18)10-8-9(14)2-3-11(10)15/h2-3,5-6,8H,4,7,15H2,1H3. The first-order chi connectivity index (χ1) is 9.08. The topological polar surface area (TPSA) is 70.1 Å². The number of rotatable bonds is 4. The van der Waals surface area contributed by atoms with Crippen molar-refractivity contribution in [2.24, 2.45) is 7.05 Å². The van der Waals surface area contributed by atoms with E-state index in [9.17, 15) is 4.79 Å². The summed E-state index contributed by atoms with van der Waals surface area (Å²) in [5, 5.41) is 0.449. The second kappa shape index (κ2) is 5.75. The van der Waals surface area contributed by atoms with Crippen LogP contribution in [-0.4, -0.2) is 22.1 Å². The van der Waals surface area contributed by atoms with Crippen LogP contribution in [0.4, 0.5) is 5.69 Å². The highest BCUT2D eigenvalue weighted by Gasteiger charge is 2.12. The quantitative estimate of drug-likeness (QED) is 0.687. The zero-order chi connectivity index (χ0) is 13.8. The second-order valence-electron chi connectivity index (χ2n) is 4.07. The Bertz CT molecular complexity index is 595. The van der Waals surface area contributed by atoms with Crippen molar-refractivity contribution in [3.05, 3.63) is 47.0 Å². The SMILES string of the molecule is Cn1ccnc1CCOC(=O)c1cc(Cl)ccc1N. The summed E-state index contributed by atoms with van der Waals surface area (Å²) in [5.41, 5.74) is 6.34. The number of nitrogen functional groups attached to an aromatic ring is 1. The van der Waals surface area contributed by atoms with Crippen molar-refractivity contribution in [3.8, 4) is 0 Å². The van der Waals surface area contributed by atoms with Gasteiger partial charge in [-0.05, 0) is 18.2 Å². The first-order valence-corrected chi connectivity index (χ1v) is 6.14. The molecule has 0 saturated carbocycles. The average molecular weight is 280 g/mol. The maximum atomic E-state index is 11.8. The van der Waals surface area contributed by atoms with Gasteiger partial charge >= 0.3 is 5.97 Å². The number of hydrogen-bond acceptors (Lipinski definition) is 4. The Balaban J connectivity index is 1.94. The number of ether oxygens (including phenoxy) is 1. The molecule has 1 aromatic heterocycles. The third kappa shape index (κ3) is 3.26. The Morgan fingerprint density at radius 2 is 2.32 bits per heavy atom. The lowest BCUT2D eigenvalue weighted by molar-refractivity contribution is 0.0508. The molecule has 0 radical (unpaired) electrons. The molecule has 0 fully saturated rings. The van der Waals surface area contributed by atoms with Crippen LogP contribution in [0.3, 0.4) is 0 Å². The molecule has 0 spiro atoms. The minimum atomic E-state index is -0.478. The first-order valence-electron chi connectivity index (χ1n) is 5.76. The molecule has 2 aromatic rings. The van der Waals surface area contributed by atoms with Crippen LogP contribution in [0.15, 0.2) is 30.6 Å². The number of anilines is 1. The van der Waals surface area contributed by atoms with Crippen LogP contribution in [0.2, 0.25) is 5.02 Å². The molecule has 0 atom stereocenters. The molecule has 0 aliphatic rings. The van der Waals surface area contributed by atoms with Crippen molar-refractivity contribution in [1.82, 2.24) is 9.55 Å². The fourth-order valence-corrected chi connectivity index (χ4v) is 1.83. The monoisotopic (exact) mass is 279 g/mol. The number of esters is 1. The molecule has 1 aromatic carbocycles. The summed E-state index contributed by atoms with van der Waals surface area (Å²) in [6.45, 7) is 0.246. The fourth-order valence-electron chi connectivity index (χ4n) is 1.66. The van der Waals surface area contributed by atoms with E-state index in [4.69, 9.17) is 22.1 Å². The Morgan fingerprint density at radius 1 is 1.53 bits per heavy atom. The number of hydrogen-bond donors (Lipinski definition) is 1. The molecule has 0 bridgehead atoms. The summed E-state index contributed by atoms with van der Waals surface area (Å²) in [5.74, 6) is 0.376. The summed E-state index contributed by atoms with van der Waals surface area (Å²) < 4.78 is 7.04. The van der Waals surface area contributed by atoms with Crippen LogP contribution in [-0.2, 0) is 18.2 Å². The van der Waals surface area contributed by atoms with Gasteiger partial charge in [0, 0.05) is 36.6 Å². The normalized spacial score (nSPS) is 10.4. The molecule has 0 aliphatic heterocycles. The molecular weight excluding hydrogens is 266 g/mol. The Morgan fingerprint density at radius 3 is 3.00 bits per heavy atom. The maximum absolute atomic E-state index is 11.8. The first kappa shape index (κ1) is 13.4. The van der Waals surface area contributed by atoms with Gasteiger partial charge in [-0.15, -0.1) is 0 Å². The molecule has 0 unspecified atom stereocenters. The van der Waals surface area contributed by atoms with Gasteiger partial charge in [-0.2, -0.15) is 0 Å². The highest BCUT2D eigenvalue weighted by Crippen LogP contribution is 2.18. The number of benzene rings is 1. The van der Waals surface area contributed by atoms with E-state index >= 15 is 0 Å². The number of carbonyl (C=O) groups is 1. The summed E-state index contributed by atoms with van der Waals surface area (Å²) >= 11 is 5.82. The number of imidazole rings is 1. The number of aryl methyl sites for hydroxylation is 1. The number of carbonyl (C=O) groups excluding carboxylic acids is 1. The van der Waals surface area contributed by atoms with Crippen molar-refractivity contribution >= 4 is 23.3 Å². The van der Waals surface area contributed by atoms with Crippen LogP contribution in [0, 0.1) is 0 Å². The van der Waals surface area contributed by atoms with Crippen LogP contribution in [0.5, 0.6) is 0 Å². The van der Waals surface area contributed by atoms with E-state index in [1.54, 1.807) is 18.3 Å². The summed E-state index contributed by atoms with van der Waals surface area (Å²) in [6, 6.07) is 4.71. The smallest absolute Gasteiger partial charge is 0.340 e. The summed E-state index contributed by atoms with van der Waals surface area (Å²) in [6.07, 6.45) is 4.09. The van der Waals surface area contributed by atoms with Gasteiger partial charge in [0.05, 0.1) is 12.2 Å². The van der Waals surface area contributed by atoms with E-state index < -0.39 is 5.97 Å². The number of halogens is 1. The van der Waals surface area contributed by atoms with Gasteiger partial charge < -0.3 is 15.0 Å². The molecule has 5 nitrogen and oxygen atoms in total. The molecule has 2 N–H and O–H groups in total. The molecule has 19 heavy (non-hydrogen) atoms. The van der Waals surface area contributed by atoms with Gasteiger partial charge in [0.2, 0.25) is 0 Å². The van der Waals surface area contributed by atoms with Crippen molar-refractivity contribution in [1.29, 1.82) is 0 Å². The number of nitrogens with two attached hydrogens (primary N) is 1. The number of nitrogens with zero attached hydrogens (tertiary/aromatic N) is 2. The molecule has 2 rings (SSSR count). The third-order valence-electron chi connectivity index (χ3n) is 2.72. The zero-order valence-corrected chi connectivity index (χ0v) is 11.2. The van der Waals surface area contributed by atoms with Crippen molar-refractivity contribution < 1.29 is 9.53 Å². The van der Waals surface area contributed by atoms with Gasteiger partial charge in [-0.25, -0.2) is 9.78 Å². The Labute approximate surface area is 116 Å². The van der Waals surface area contributed by atoms with Gasteiger partial charge in [-0.3, -0.25) is 0 Å². The molecule has 1 heterocycles. The summed E-state index contributed by atoms with van der Waals surface area (Å²) in [7, 11) is 1.89. The molecule has 0 saturated heterocycles. The van der Waals surface area contributed by atoms with Crippen molar-refractivity contribution in [2.75, 3.05) is 12.3 Å². The molecule has 6 heteroatoms. The van der Waals surface area contributed by atoms with Crippen LogP contribution >= 0.6 is 11.6 Å². The predicted molar refractivity (Wildman–Crippen MR) is 73.1 cm³/mol. The highest BCUT2D eigenvalue weighted by molar-refractivity contribution is 6.31. The number of aromatic nitrogens is 2. The maximum Gasteiger partial charge on any atom is 0.340 e. The summed E-state index contributed by atoms with van der Waals surface area (Å²) in [4.78, 5) is 16.0. The van der Waals surface area contributed by atoms with Crippen molar-refractivity contribution in [3.63, 3.8) is 0 Å². The molecule has 0 amide bonds. The van der Waals surface area contributed by atoms with Crippen LogP contribution in [0.25, 0.3) is 0 Å². The zero-order valence-electron chi connectivity index (χ0n) is 10.5. The van der Waals surface area contributed by atoms with Crippen molar-refractivity contribution in [2.45, 2.75) is 6.42 Å². The minimum Gasteiger partial charge on any atom is -0.462 e. The Hall–Kier alpha value is -2.01. The van der Waals surface area contributed by atoms with Gasteiger partial charge in [0.15, 0.2) is 0 Å². The Kier molecular flexibility index (Phi) is 4.06.